The first-order valence-corrected chi connectivity index (χ1v) is 6.77. The Morgan fingerprint density at radius 2 is 1.65 bits per heavy atom. The normalized spacial score (nSPS) is 12.7. The van der Waals surface area contributed by atoms with Crippen molar-refractivity contribution in [1.82, 2.24) is 4.90 Å². The SMILES string of the molecule is CC(=O)Nc1ccc(C(=O)N(C)C(C)C(C)(C)C)cc1. The maximum atomic E-state index is 12.4. The molecular weight excluding hydrogens is 252 g/mol. The van der Waals surface area contributed by atoms with E-state index in [0.29, 0.717) is 11.3 Å². The van der Waals surface area contributed by atoms with Gasteiger partial charge in [0.2, 0.25) is 5.91 Å². The average Bonchev–Trinajstić information content (AvgIpc) is 2.35. The fourth-order valence-corrected chi connectivity index (χ4v) is 1.86. The maximum Gasteiger partial charge on any atom is 0.253 e. The Balaban J connectivity index is 2.85. The quantitative estimate of drug-likeness (QED) is 0.922. The third-order valence-corrected chi connectivity index (χ3v) is 3.61. The van der Waals surface area contributed by atoms with Crippen molar-refractivity contribution in [3.8, 4) is 0 Å². The van der Waals surface area contributed by atoms with Crippen molar-refractivity contribution in [1.29, 1.82) is 0 Å². The van der Waals surface area contributed by atoms with E-state index in [1.165, 1.54) is 6.92 Å². The molecule has 20 heavy (non-hydrogen) atoms. The Morgan fingerprint density at radius 1 is 1.15 bits per heavy atom. The molecule has 4 heteroatoms. The van der Waals surface area contributed by atoms with Gasteiger partial charge >= 0.3 is 0 Å². The van der Waals surface area contributed by atoms with Gasteiger partial charge in [0.05, 0.1) is 0 Å². The topological polar surface area (TPSA) is 49.4 Å². The highest BCUT2D eigenvalue weighted by atomic mass is 16.2. The number of carbonyl (C=O) groups is 2. The molecule has 0 aliphatic rings. The second kappa shape index (κ2) is 6.07. The van der Waals surface area contributed by atoms with Gasteiger partial charge in [0.25, 0.3) is 5.91 Å². The zero-order valence-corrected chi connectivity index (χ0v) is 13.2. The largest absolute Gasteiger partial charge is 0.338 e. The molecule has 0 radical (unpaired) electrons. The lowest BCUT2D eigenvalue weighted by Gasteiger charge is -2.35. The number of benzene rings is 1. The molecule has 1 atom stereocenters. The molecule has 1 aromatic rings. The minimum Gasteiger partial charge on any atom is -0.338 e. The lowest BCUT2D eigenvalue weighted by molar-refractivity contribution is -0.114. The van der Waals surface area contributed by atoms with Gasteiger partial charge in [-0.3, -0.25) is 9.59 Å². The molecule has 1 aromatic carbocycles. The third kappa shape index (κ3) is 4.08. The van der Waals surface area contributed by atoms with Crippen LogP contribution in [0.1, 0.15) is 45.0 Å². The summed E-state index contributed by atoms with van der Waals surface area (Å²) in [5.41, 5.74) is 1.35. The molecule has 0 bridgehead atoms. The van der Waals surface area contributed by atoms with Gasteiger partial charge in [-0.1, -0.05) is 20.8 Å². The van der Waals surface area contributed by atoms with E-state index in [4.69, 9.17) is 0 Å². The Hall–Kier alpha value is -1.84. The number of hydrogen-bond acceptors (Lipinski definition) is 2. The van der Waals surface area contributed by atoms with Gasteiger partial charge in [0.15, 0.2) is 0 Å². The summed E-state index contributed by atoms with van der Waals surface area (Å²) in [6.07, 6.45) is 0. The minimum atomic E-state index is -0.123. The first kappa shape index (κ1) is 16.2. The molecule has 0 saturated carbocycles. The minimum absolute atomic E-state index is 0.0122. The number of nitrogens with zero attached hydrogens (tertiary/aromatic N) is 1. The first-order valence-electron chi connectivity index (χ1n) is 6.77. The molecule has 0 aromatic heterocycles. The van der Waals surface area contributed by atoms with Gasteiger partial charge in [0.1, 0.15) is 0 Å². The second-order valence-electron chi connectivity index (χ2n) is 6.22. The van der Waals surface area contributed by atoms with Crippen molar-refractivity contribution in [3.05, 3.63) is 29.8 Å². The molecule has 0 aliphatic carbocycles. The van der Waals surface area contributed by atoms with Crippen LogP contribution >= 0.6 is 0 Å². The van der Waals surface area contributed by atoms with Gasteiger partial charge in [0, 0.05) is 31.3 Å². The van der Waals surface area contributed by atoms with Gasteiger partial charge in [-0.05, 0) is 36.6 Å². The molecule has 1 N–H and O–H groups in total. The highest BCUT2D eigenvalue weighted by Crippen LogP contribution is 2.24. The zero-order chi connectivity index (χ0) is 15.5. The van der Waals surface area contributed by atoms with Crippen molar-refractivity contribution >= 4 is 17.5 Å². The monoisotopic (exact) mass is 276 g/mol. The predicted octanol–water partition coefficient (Wildman–Crippen LogP) is 3.15. The number of anilines is 1. The molecule has 0 spiro atoms. The van der Waals surface area contributed by atoms with Gasteiger partial charge in [-0.15, -0.1) is 0 Å². The van der Waals surface area contributed by atoms with Gasteiger partial charge in [-0.2, -0.15) is 0 Å². The van der Waals surface area contributed by atoms with E-state index in [-0.39, 0.29) is 23.3 Å². The highest BCUT2D eigenvalue weighted by Gasteiger charge is 2.27. The van der Waals surface area contributed by atoms with Crippen LogP contribution in [0, 0.1) is 5.41 Å². The lowest BCUT2D eigenvalue weighted by atomic mass is 9.87. The summed E-state index contributed by atoms with van der Waals surface area (Å²) < 4.78 is 0. The summed E-state index contributed by atoms with van der Waals surface area (Å²) in [5.74, 6) is -0.135. The molecule has 0 saturated heterocycles. The fourth-order valence-electron chi connectivity index (χ4n) is 1.86. The lowest BCUT2D eigenvalue weighted by Crippen LogP contribution is -2.42. The Labute approximate surface area is 121 Å². The van der Waals surface area contributed by atoms with Crippen LogP contribution in [0.2, 0.25) is 0 Å². The third-order valence-electron chi connectivity index (χ3n) is 3.61. The van der Waals surface area contributed by atoms with Crippen LogP contribution in [0.25, 0.3) is 0 Å². The molecular formula is C16H24N2O2. The number of hydrogen-bond donors (Lipinski definition) is 1. The van der Waals surface area contributed by atoms with Crippen molar-refractivity contribution in [3.63, 3.8) is 0 Å². The zero-order valence-electron chi connectivity index (χ0n) is 13.2. The number of nitrogens with one attached hydrogen (secondary N) is 1. The Bertz CT molecular complexity index is 486. The van der Waals surface area contributed by atoms with E-state index in [1.807, 2.05) is 14.0 Å². The van der Waals surface area contributed by atoms with Crippen LogP contribution < -0.4 is 5.32 Å². The summed E-state index contributed by atoms with van der Waals surface area (Å²) in [5, 5.41) is 2.68. The Kier molecular flexibility index (Phi) is 4.93. The van der Waals surface area contributed by atoms with E-state index in [0.717, 1.165) is 0 Å². The molecule has 0 fully saturated rings. The molecule has 110 valence electrons. The molecule has 1 unspecified atom stereocenters. The molecule has 2 amide bonds. The number of carbonyl (C=O) groups excluding carboxylic acids is 2. The average molecular weight is 276 g/mol. The fraction of sp³-hybridized carbons (Fsp3) is 0.500. The van der Waals surface area contributed by atoms with E-state index >= 15 is 0 Å². The number of amides is 2. The summed E-state index contributed by atoms with van der Waals surface area (Å²) in [7, 11) is 1.82. The summed E-state index contributed by atoms with van der Waals surface area (Å²) in [6.45, 7) is 9.84. The van der Waals surface area contributed by atoms with Crippen molar-refractivity contribution < 1.29 is 9.59 Å². The summed E-state index contributed by atoms with van der Waals surface area (Å²) >= 11 is 0. The smallest absolute Gasteiger partial charge is 0.253 e. The maximum absolute atomic E-state index is 12.4. The number of rotatable bonds is 3. The highest BCUT2D eigenvalue weighted by molar-refractivity contribution is 5.95. The molecule has 0 aliphatic heterocycles. The molecule has 0 heterocycles. The predicted molar refractivity (Wildman–Crippen MR) is 81.8 cm³/mol. The first-order chi connectivity index (χ1) is 9.12. The van der Waals surface area contributed by atoms with Gasteiger partial charge < -0.3 is 10.2 Å². The molecule has 1 rings (SSSR count). The summed E-state index contributed by atoms with van der Waals surface area (Å²) in [6, 6.07) is 7.08. The van der Waals surface area contributed by atoms with E-state index in [9.17, 15) is 9.59 Å². The van der Waals surface area contributed by atoms with Crippen LogP contribution in [0.3, 0.4) is 0 Å². The van der Waals surface area contributed by atoms with Gasteiger partial charge in [-0.25, -0.2) is 0 Å². The van der Waals surface area contributed by atoms with Crippen molar-refractivity contribution in [2.45, 2.75) is 40.7 Å². The summed E-state index contributed by atoms with van der Waals surface area (Å²) in [4.78, 5) is 25.1. The molecule has 4 nitrogen and oxygen atoms in total. The van der Waals surface area contributed by atoms with Crippen LogP contribution in [-0.2, 0) is 4.79 Å². The van der Waals surface area contributed by atoms with Crippen molar-refractivity contribution in [2.75, 3.05) is 12.4 Å². The van der Waals surface area contributed by atoms with Crippen LogP contribution in [-0.4, -0.2) is 29.8 Å². The van der Waals surface area contributed by atoms with Crippen LogP contribution in [0.5, 0.6) is 0 Å². The second-order valence-corrected chi connectivity index (χ2v) is 6.22. The van der Waals surface area contributed by atoms with Crippen LogP contribution in [0.15, 0.2) is 24.3 Å². The van der Waals surface area contributed by atoms with Crippen molar-refractivity contribution in [2.24, 2.45) is 5.41 Å². The van der Waals surface area contributed by atoms with E-state index in [2.05, 4.69) is 26.1 Å². The van der Waals surface area contributed by atoms with E-state index in [1.54, 1.807) is 29.2 Å². The van der Waals surface area contributed by atoms with E-state index < -0.39 is 0 Å². The standard InChI is InChI=1S/C16H24N2O2/c1-11(16(3,4)5)18(6)15(20)13-7-9-14(10-8-13)17-12(2)19/h7-11H,1-6H3,(H,17,19). The Morgan fingerprint density at radius 3 is 2.05 bits per heavy atom. The van der Waals surface area contributed by atoms with Crippen LogP contribution in [0.4, 0.5) is 5.69 Å².